The van der Waals surface area contributed by atoms with Crippen LogP contribution >= 0.6 is 38.8 Å². The summed E-state index contributed by atoms with van der Waals surface area (Å²) in [6.45, 7) is 7.24. The van der Waals surface area contributed by atoms with E-state index in [4.69, 9.17) is 17.0 Å². The SMILES string of the molecule is S.S.[C-]#[N+][C@H]1CSCN1C(=O)[C@@H](N)Cc1c[nH]c2ccc(Oc3ccc([N+](=O)[O-])cn3)cc12. The summed E-state index contributed by atoms with van der Waals surface area (Å²) in [5.41, 5.74) is 7.77. The summed E-state index contributed by atoms with van der Waals surface area (Å²) in [6, 6.07) is 7.37. The van der Waals surface area contributed by atoms with Gasteiger partial charge in [0.05, 0.1) is 22.6 Å². The highest BCUT2D eigenvalue weighted by Crippen LogP contribution is 2.28. The normalized spacial score (nSPS) is 15.8. The van der Waals surface area contributed by atoms with Gasteiger partial charge in [0.25, 0.3) is 5.69 Å². The van der Waals surface area contributed by atoms with Crippen molar-refractivity contribution >= 4 is 61.3 Å². The number of hydrogen-bond donors (Lipinski definition) is 2. The van der Waals surface area contributed by atoms with Crippen molar-refractivity contribution in [2.75, 3.05) is 11.6 Å². The molecule has 1 aromatic carbocycles. The fourth-order valence-corrected chi connectivity index (χ4v) is 4.41. The lowest BCUT2D eigenvalue weighted by Gasteiger charge is -2.19. The first-order valence-electron chi connectivity index (χ1n) is 9.35. The van der Waals surface area contributed by atoms with Gasteiger partial charge < -0.3 is 15.5 Å². The molecule has 0 unspecified atom stereocenters. The zero-order valence-corrected chi connectivity index (χ0v) is 20.0. The van der Waals surface area contributed by atoms with Crippen molar-refractivity contribution in [3.63, 3.8) is 0 Å². The van der Waals surface area contributed by atoms with Crippen LogP contribution in [-0.2, 0) is 11.2 Å². The number of nitro groups is 1. The number of carbonyl (C=O) groups excluding carboxylic acids is 1. The monoisotopic (exact) mass is 506 g/mol. The van der Waals surface area contributed by atoms with E-state index in [0.717, 1.165) is 22.7 Å². The number of aromatic nitrogens is 2. The van der Waals surface area contributed by atoms with Crippen LogP contribution in [0.25, 0.3) is 15.7 Å². The van der Waals surface area contributed by atoms with Gasteiger partial charge >= 0.3 is 6.17 Å². The van der Waals surface area contributed by atoms with E-state index < -0.39 is 17.1 Å². The second-order valence-electron chi connectivity index (χ2n) is 6.96. The molecule has 1 fully saturated rings. The van der Waals surface area contributed by atoms with E-state index in [1.54, 1.807) is 30.1 Å². The predicted octanol–water partition coefficient (Wildman–Crippen LogP) is 3.14. The molecule has 0 bridgehead atoms. The van der Waals surface area contributed by atoms with Crippen molar-refractivity contribution in [3.05, 3.63) is 69.8 Å². The third-order valence-electron chi connectivity index (χ3n) is 4.94. The van der Waals surface area contributed by atoms with E-state index in [9.17, 15) is 14.9 Å². The predicted molar refractivity (Wildman–Crippen MR) is 136 cm³/mol. The van der Waals surface area contributed by atoms with Gasteiger partial charge in [-0.05, 0) is 30.2 Å². The molecule has 13 heteroatoms. The van der Waals surface area contributed by atoms with Gasteiger partial charge in [-0.2, -0.15) is 27.0 Å². The van der Waals surface area contributed by atoms with E-state index in [-0.39, 0.29) is 44.5 Å². The zero-order chi connectivity index (χ0) is 22.0. The molecule has 4 rings (SSSR count). The van der Waals surface area contributed by atoms with Crippen LogP contribution in [0.15, 0.2) is 42.7 Å². The molecule has 174 valence electrons. The van der Waals surface area contributed by atoms with Crippen molar-refractivity contribution in [2.45, 2.75) is 18.6 Å². The van der Waals surface area contributed by atoms with Crippen LogP contribution in [0, 0.1) is 16.7 Å². The largest absolute Gasteiger partial charge is 0.439 e. The highest BCUT2D eigenvalue weighted by atomic mass is 32.2. The molecule has 0 spiro atoms. The lowest BCUT2D eigenvalue weighted by atomic mass is 10.0. The minimum atomic E-state index is -0.761. The molecule has 0 saturated carbocycles. The number of H-pyrrole nitrogens is 1. The molecule has 0 radical (unpaired) electrons. The number of nitrogens with zero attached hydrogens (tertiary/aromatic N) is 4. The second kappa shape index (κ2) is 11.3. The Kier molecular flexibility index (Phi) is 9.00. The summed E-state index contributed by atoms with van der Waals surface area (Å²) in [5.74, 6) is 1.58. The Morgan fingerprint density at radius 2 is 2.21 bits per heavy atom. The van der Waals surface area contributed by atoms with E-state index in [0.29, 0.717) is 23.8 Å². The molecule has 1 saturated heterocycles. The Hall–Kier alpha value is -2.92. The van der Waals surface area contributed by atoms with Gasteiger partial charge in [0.2, 0.25) is 11.8 Å². The molecule has 1 amide bonds. The van der Waals surface area contributed by atoms with Gasteiger partial charge in [0.1, 0.15) is 11.9 Å². The van der Waals surface area contributed by atoms with E-state index >= 15 is 0 Å². The van der Waals surface area contributed by atoms with E-state index in [1.165, 1.54) is 17.0 Å². The number of nitrogens with one attached hydrogen (secondary N) is 1. The quantitative estimate of drug-likeness (QED) is 0.298. The van der Waals surface area contributed by atoms with Crippen molar-refractivity contribution in [3.8, 4) is 11.6 Å². The number of aromatic amines is 1. The average molecular weight is 507 g/mol. The van der Waals surface area contributed by atoms with Gasteiger partial charge in [-0.15, -0.1) is 11.8 Å². The molecule has 2 atom stereocenters. The Morgan fingerprint density at radius 3 is 2.88 bits per heavy atom. The third-order valence-corrected chi connectivity index (χ3v) is 5.93. The van der Waals surface area contributed by atoms with Crippen LogP contribution in [0.2, 0.25) is 0 Å². The number of benzene rings is 1. The van der Waals surface area contributed by atoms with Crippen LogP contribution in [-0.4, -0.2) is 49.5 Å². The molecule has 2 aromatic heterocycles. The summed E-state index contributed by atoms with van der Waals surface area (Å²) in [7, 11) is 0. The number of ether oxygens (including phenoxy) is 1. The molecular formula is C20H22N6O4S3. The minimum absolute atomic E-state index is 0. The smallest absolute Gasteiger partial charge is 0.310 e. The van der Waals surface area contributed by atoms with E-state index in [2.05, 4.69) is 14.8 Å². The minimum Gasteiger partial charge on any atom is -0.439 e. The molecule has 33 heavy (non-hydrogen) atoms. The van der Waals surface area contributed by atoms with Crippen LogP contribution in [0.3, 0.4) is 0 Å². The lowest BCUT2D eigenvalue weighted by molar-refractivity contribution is -0.385. The van der Waals surface area contributed by atoms with Gasteiger partial charge in [-0.1, -0.05) is 0 Å². The summed E-state index contributed by atoms with van der Waals surface area (Å²) in [5, 5.41) is 11.6. The maximum absolute atomic E-state index is 12.7. The Balaban J connectivity index is 0.00000193. The standard InChI is InChI=1S/C20H18N6O4S.2H2S/c1-22-18-10-31-11-25(18)20(27)16(21)6-12-8-23-17-4-3-14(7-15(12)17)30-19-5-2-13(9-24-19)26(28)29;;/h2-5,7-9,16,18,23H,6,10-11,21H2;2*1H2/t16-,18+;;/m0../s1. The Morgan fingerprint density at radius 1 is 1.42 bits per heavy atom. The van der Waals surface area contributed by atoms with Gasteiger partial charge in [-0.3, -0.25) is 24.7 Å². The van der Waals surface area contributed by atoms with Crippen molar-refractivity contribution in [1.29, 1.82) is 0 Å². The van der Waals surface area contributed by atoms with Crippen LogP contribution in [0.1, 0.15) is 5.56 Å². The maximum atomic E-state index is 12.7. The number of nitrogens with two attached hydrogens (primary N) is 1. The summed E-state index contributed by atoms with van der Waals surface area (Å²) in [6.07, 6.45) is 2.79. The average Bonchev–Trinajstić information content (AvgIpc) is 3.40. The van der Waals surface area contributed by atoms with Gasteiger partial charge in [-0.25, -0.2) is 11.6 Å². The van der Waals surface area contributed by atoms with Crippen LogP contribution in [0.5, 0.6) is 11.6 Å². The molecule has 3 aromatic rings. The first-order valence-corrected chi connectivity index (χ1v) is 10.5. The highest BCUT2D eigenvalue weighted by molar-refractivity contribution is 7.99. The zero-order valence-electron chi connectivity index (χ0n) is 17.2. The fourth-order valence-electron chi connectivity index (χ4n) is 3.34. The second-order valence-corrected chi connectivity index (χ2v) is 7.96. The lowest BCUT2D eigenvalue weighted by Crippen LogP contribution is -2.46. The Labute approximate surface area is 207 Å². The molecule has 3 heterocycles. The van der Waals surface area contributed by atoms with Crippen molar-refractivity contribution < 1.29 is 14.5 Å². The fraction of sp³-hybridized carbons (Fsp3) is 0.250. The first-order chi connectivity index (χ1) is 15.0. The number of thioether (sulfide) groups is 1. The third kappa shape index (κ3) is 5.72. The molecule has 1 aliphatic heterocycles. The Bertz CT molecular complexity index is 1180. The van der Waals surface area contributed by atoms with Gasteiger partial charge in [0, 0.05) is 29.2 Å². The first kappa shape index (κ1) is 26.3. The maximum Gasteiger partial charge on any atom is 0.310 e. The summed E-state index contributed by atoms with van der Waals surface area (Å²) >= 11 is 1.55. The number of rotatable bonds is 6. The van der Waals surface area contributed by atoms with Crippen LogP contribution in [0.4, 0.5) is 5.69 Å². The topological polar surface area (TPSA) is 132 Å². The highest BCUT2D eigenvalue weighted by Gasteiger charge is 2.36. The number of amides is 1. The van der Waals surface area contributed by atoms with Crippen molar-refractivity contribution in [2.24, 2.45) is 5.73 Å². The van der Waals surface area contributed by atoms with Crippen molar-refractivity contribution in [1.82, 2.24) is 14.9 Å². The van der Waals surface area contributed by atoms with Gasteiger partial charge in [0.15, 0.2) is 0 Å². The number of fused-ring (bicyclic) bond motifs is 1. The molecule has 10 nitrogen and oxygen atoms in total. The number of hydrogen-bond acceptors (Lipinski definition) is 7. The molecule has 0 aliphatic carbocycles. The van der Waals surface area contributed by atoms with E-state index in [1.807, 2.05) is 6.07 Å². The molecular weight excluding hydrogens is 484 g/mol. The summed E-state index contributed by atoms with van der Waals surface area (Å²) < 4.78 is 5.72. The molecule has 3 N–H and O–H groups in total. The summed E-state index contributed by atoms with van der Waals surface area (Å²) in [4.78, 5) is 35.1. The number of pyridine rings is 1. The number of carbonyl (C=O) groups is 1. The van der Waals surface area contributed by atoms with Crippen LogP contribution < -0.4 is 10.5 Å². The molecule has 1 aliphatic rings.